The molecule has 2 aromatic heterocycles. The van der Waals surface area contributed by atoms with Gasteiger partial charge < -0.3 is 21.3 Å². The fourth-order valence-electron chi connectivity index (χ4n) is 1.91. The van der Waals surface area contributed by atoms with Gasteiger partial charge in [-0.25, -0.2) is 14.8 Å². The van der Waals surface area contributed by atoms with E-state index in [0.29, 0.717) is 31.2 Å². The van der Waals surface area contributed by atoms with Crippen LogP contribution in [0.25, 0.3) is 0 Å². The Hall–Kier alpha value is -2.26. The van der Waals surface area contributed by atoms with Crippen LogP contribution in [0, 0.1) is 13.8 Å². The normalized spacial score (nSPS) is 10.0. The molecule has 132 valence electrons. The van der Waals surface area contributed by atoms with Gasteiger partial charge in [0, 0.05) is 26.1 Å². The van der Waals surface area contributed by atoms with Crippen LogP contribution in [-0.2, 0) is 17.7 Å². The number of carbonyl (C=O) groups excluding carboxylic acids is 1. The number of carbonyl (C=O) groups is 1. The number of ether oxygens (including phenoxy) is 1. The van der Waals surface area contributed by atoms with E-state index >= 15 is 0 Å². The largest absolute Gasteiger partial charge is 0.450 e. The van der Waals surface area contributed by atoms with Crippen molar-refractivity contribution in [1.29, 1.82) is 0 Å². The summed E-state index contributed by atoms with van der Waals surface area (Å²) in [4.78, 5) is 19.1. The Morgan fingerprint density at radius 1 is 1.46 bits per heavy atom. The van der Waals surface area contributed by atoms with E-state index in [2.05, 4.69) is 25.0 Å². The van der Waals surface area contributed by atoms with Crippen LogP contribution < -0.4 is 16.0 Å². The Bertz CT molecular complexity index is 675. The minimum absolute atomic E-state index is 0.178. The molecule has 0 radical (unpaired) electrons. The third kappa shape index (κ3) is 6.09. The first-order valence-corrected chi connectivity index (χ1v) is 8.34. The number of thiazole rings is 1. The van der Waals surface area contributed by atoms with Gasteiger partial charge in [-0.2, -0.15) is 4.57 Å². The number of aliphatic hydroxyl groups is 1. The van der Waals surface area contributed by atoms with E-state index < -0.39 is 6.09 Å². The quantitative estimate of drug-likeness (QED) is 0.678. The molecule has 5 N–H and O–H groups in total. The second-order valence-electron chi connectivity index (χ2n) is 4.91. The summed E-state index contributed by atoms with van der Waals surface area (Å²) in [7, 11) is 0. The molecule has 0 saturated heterocycles. The van der Waals surface area contributed by atoms with Gasteiger partial charge in [0.2, 0.25) is 5.51 Å². The lowest BCUT2D eigenvalue weighted by atomic mass is 10.2. The summed E-state index contributed by atoms with van der Waals surface area (Å²) in [5, 5.41) is 8.98. The highest BCUT2D eigenvalue weighted by atomic mass is 32.1. The van der Waals surface area contributed by atoms with Gasteiger partial charge in [-0.1, -0.05) is 11.3 Å². The number of aromatic nitrogens is 3. The molecule has 0 aliphatic heterocycles. The molecule has 0 aliphatic carbocycles. The molecule has 8 nitrogen and oxygen atoms in total. The molecule has 0 spiro atoms. The van der Waals surface area contributed by atoms with Crippen molar-refractivity contribution >= 4 is 23.2 Å². The van der Waals surface area contributed by atoms with E-state index in [9.17, 15) is 4.79 Å². The van der Waals surface area contributed by atoms with Crippen LogP contribution in [0.3, 0.4) is 0 Å². The molecule has 24 heavy (non-hydrogen) atoms. The summed E-state index contributed by atoms with van der Waals surface area (Å²) in [6.07, 6.45) is 1.76. The van der Waals surface area contributed by atoms with E-state index in [1.807, 2.05) is 19.4 Å². The predicted molar refractivity (Wildman–Crippen MR) is 91.5 cm³/mol. The average Bonchev–Trinajstić information content (AvgIpc) is 2.84. The van der Waals surface area contributed by atoms with Gasteiger partial charge in [0.25, 0.3) is 0 Å². The number of nitrogens with zero attached hydrogens (tertiary/aromatic N) is 3. The topological polar surface area (TPSA) is 128 Å². The highest BCUT2D eigenvalue weighted by molar-refractivity contribution is 7.09. The van der Waals surface area contributed by atoms with E-state index in [4.69, 9.17) is 10.8 Å². The van der Waals surface area contributed by atoms with Crippen molar-refractivity contribution in [2.24, 2.45) is 5.73 Å². The number of anilines is 1. The first-order chi connectivity index (χ1) is 11.4. The van der Waals surface area contributed by atoms with Gasteiger partial charge in [0.05, 0.1) is 17.0 Å². The second kappa shape index (κ2) is 9.78. The van der Waals surface area contributed by atoms with Crippen molar-refractivity contribution in [2.45, 2.75) is 33.7 Å². The van der Waals surface area contributed by atoms with Gasteiger partial charge in [0.1, 0.15) is 11.6 Å². The molecule has 0 bridgehead atoms. The van der Waals surface area contributed by atoms with E-state index in [1.54, 1.807) is 24.5 Å². The lowest BCUT2D eigenvalue weighted by Gasteiger charge is -2.01. The van der Waals surface area contributed by atoms with Crippen molar-refractivity contribution in [3.63, 3.8) is 0 Å². The Labute approximate surface area is 145 Å². The average molecular weight is 354 g/mol. The first-order valence-electron chi connectivity index (χ1n) is 7.46. The number of primary amides is 1. The van der Waals surface area contributed by atoms with Gasteiger partial charge in [0.15, 0.2) is 12.2 Å². The molecule has 2 rings (SSSR count). The van der Waals surface area contributed by atoms with Gasteiger partial charge in [-0.15, -0.1) is 0 Å². The lowest BCUT2D eigenvalue weighted by molar-refractivity contribution is -0.689. The fourth-order valence-corrected chi connectivity index (χ4v) is 2.89. The van der Waals surface area contributed by atoms with Crippen LogP contribution in [0.5, 0.6) is 0 Å². The molecule has 2 aromatic rings. The Balaban J connectivity index is 0.000000413. The van der Waals surface area contributed by atoms with Gasteiger partial charge in [-0.3, -0.25) is 0 Å². The number of aliphatic hydroxyl groups excluding tert-OH is 1. The standard InChI is InChI=1S/C12H17N4OS.C3H7NO2/c1-8-11(3-4-17)18-7-16(8)6-10-5-14-9(2)15-12(10)13;1-2-6-3(4)5/h5,7,17H,3-4,6H2,1-2H3,(H2,13,14,15);2H2,1H3,(H2,4,5)/q+1;. The number of aryl methyl sites for hydroxylation is 1. The molecule has 0 fully saturated rings. The van der Waals surface area contributed by atoms with Crippen molar-refractivity contribution < 1.29 is 19.2 Å². The summed E-state index contributed by atoms with van der Waals surface area (Å²) in [6, 6.07) is 0. The SMILES string of the molecule is CCOC(N)=O.Cc1ncc(C[n+]2csc(CCO)c2C)c(N)n1. The Kier molecular flexibility index (Phi) is 8.07. The zero-order valence-electron chi connectivity index (χ0n) is 14.2. The first kappa shape index (κ1) is 19.8. The maximum absolute atomic E-state index is 9.60. The summed E-state index contributed by atoms with van der Waals surface area (Å²) >= 11 is 1.65. The van der Waals surface area contributed by atoms with Crippen molar-refractivity contribution in [3.05, 3.63) is 33.7 Å². The molecule has 0 aromatic carbocycles. The fraction of sp³-hybridized carbons (Fsp3) is 0.467. The van der Waals surface area contributed by atoms with Gasteiger partial charge in [-0.05, 0) is 13.8 Å². The molecular weight excluding hydrogens is 330 g/mol. The molecule has 1 amide bonds. The zero-order chi connectivity index (χ0) is 18.1. The van der Waals surface area contributed by atoms with Crippen LogP contribution in [0.1, 0.15) is 28.9 Å². The van der Waals surface area contributed by atoms with Crippen LogP contribution >= 0.6 is 11.3 Å². The van der Waals surface area contributed by atoms with Gasteiger partial charge >= 0.3 is 6.09 Å². The van der Waals surface area contributed by atoms with Crippen molar-refractivity contribution in [1.82, 2.24) is 9.97 Å². The number of nitrogen functional groups attached to an aromatic ring is 1. The molecular formula is C15H24N5O3S+. The predicted octanol–water partition coefficient (Wildman–Crippen LogP) is 0.709. The summed E-state index contributed by atoms with van der Waals surface area (Å²) in [5.41, 5.74) is 14.5. The number of amides is 1. The monoisotopic (exact) mass is 354 g/mol. The van der Waals surface area contributed by atoms with Crippen LogP contribution in [0.2, 0.25) is 0 Å². The highest BCUT2D eigenvalue weighted by Crippen LogP contribution is 2.13. The number of hydrogen-bond donors (Lipinski definition) is 3. The number of rotatable bonds is 5. The zero-order valence-corrected chi connectivity index (χ0v) is 15.0. The Morgan fingerprint density at radius 2 is 2.17 bits per heavy atom. The molecule has 2 heterocycles. The van der Waals surface area contributed by atoms with E-state index in [1.165, 1.54) is 4.88 Å². The van der Waals surface area contributed by atoms with E-state index in [0.717, 1.165) is 11.3 Å². The summed E-state index contributed by atoms with van der Waals surface area (Å²) in [5.74, 6) is 1.22. The third-order valence-electron chi connectivity index (χ3n) is 3.14. The van der Waals surface area contributed by atoms with E-state index in [-0.39, 0.29) is 6.61 Å². The van der Waals surface area contributed by atoms with Crippen molar-refractivity contribution in [2.75, 3.05) is 18.9 Å². The summed E-state index contributed by atoms with van der Waals surface area (Å²) in [6.45, 7) is 6.77. The maximum atomic E-state index is 9.60. The maximum Gasteiger partial charge on any atom is 0.404 e. The highest BCUT2D eigenvalue weighted by Gasteiger charge is 2.16. The number of hydrogen-bond acceptors (Lipinski definition) is 7. The van der Waals surface area contributed by atoms with Crippen molar-refractivity contribution in [3.8, 4) is 0 Å². The molecule has 0 atom stereocenters. The van der Waals surface area contributed by atoms with Crippen LogP contribution in [0.4, 0.5) is 10.6 Å². The minimum Gasteiger partial charge on any atom is -0.450 e. The van der Waals surface area contributed by atoms with Crippen LogP contribution in [0.15, 0.2) is 11.7 Å². The molecule has 0 unspecified atom stereocenters. The molecule has 0 saturated carbocycles. The molecule has 0 aliphatic rings. The number of nitrogens with two attached hydrogens (primary N) is 2. The smallest absolute Gasteiger partial charge is 0.404 e. The Morgan fingerprint density at radius 3 is 2.67 bits per heavy atom. The van der Waals surface area contributed by atoms with Crippen LogP contribution in [-0.4, -0.2) is 34.4 Å². The lowest BCUT2D eigenvalue weighted by Crippen LogP contribution is -2.35. The third-order valence-corrected chi connectivity index (χ3v) is 4.29. The minimum atomic E-state index is -0.711. The molecule has 9 heteroatoms. The summed E-state index contributed by atoms with van der Waals surface area (Å²) < 4.78 is 6.29. The second-order valence-corrected chi connectivity index (χ2v) is 5.85.